The molecule has 0 bridgehead atoms. The molecule has 25 heavy (non-hydrogen) atoms. The minimum absolute atomic E-state index is 0.123. The van der Waals surface area contributed by atoms with Gasteiger partial charge < -0.3 is 4.90 Å². The number of benzene rings is 1. The highest BCUT2D eigenvalue weighted by Crippen LogP contribution is 2.32. The number of hydrogen-bond acceptors (Lipinski definition) is 2. The SMILES string of the molecule is C=CCN(C)C1CC(C)CCCC1N(C(=O)CCCl)c1ccccc1. The summed E-state index contributed by atoms with van der Waals surface area (Å²) in [7, 11) is 2.15. The van der Waals surface area contributed by atoms with Gasteiger partial charge in [0.05, 0.1) is 6.04 Å². The van der Waals surface area contributed by atoms with Gasteiger partial charge in [0.2, 0.25) is 5.91 Å². The van der Waals surface area contributed by atoms with Crippen LogP contribution in [0.3, 0.4) is 0 Å². The van der Waals surface area contributed by atoms with Crippen LogP contribution in [0.15, 0.2) is 43.0 Å². The van der Waals surface area contributed by atoms with Crippen molar-refractivity contribution in [3.8, 4) is 0 Å². The topological polar surface area (TPSA) is 23.6 Å². The monoisotopic (exact) mass is 362 g/mol. The van der Waals surface area contributed by atoms with Crippen LogP contribution in [-0.4, -0.2) is 42.4 Å². The van der Waals surface area contributed by atoms with Crippen LogP contribution in [0.1, 0.15) is 39.0 Å². The van der Waals surface area contributed by atoms with Crippen molar-refractivity contribution < 1.29 is 4.79 Å². The van der Waals surface area contributed by atoms with E-state index in [2.05, 4.69) is 25.5 Å². The second kappa shape index (κ2) is 9.98. The van der Waals surface area contributed by atoms with Crippen LogP contribution in [0.5, 0.6) is 0 Å². The predicted octanol–water partition coefficient (Wildman–Crippen LogP) is 4.71. The molecular formula is C21H31ClN2O. The van der Waals surface area contributed by atoms with Crippen LogP contribution in [0.2, 0.25) is 0 Å². The second-order valence-corrected chi connectivity index (χ2v) is 7.55. The summed E-state index contributed by atoms with van der Waals surface area (Å²) >= 11 is 5.90. The van der Waals surface area contributed by atoms with Crippen LogP contribution >= 0.6 is 11.6 Å². The molecule has 0 radical (unpaired) electrons. The molecule has 0 N–H and O–H groups in total. The Morgan fingerprint density at radius 1 is 1.28 bits per heavy atom. The molecule has 0 aromatic heterocycles. The third kappa shape index (κ3) is 5.32. The fourth-order valence-electron chi connectivity index (χ4n) is 3.98. The van der Waals surface area contributed by atoms with E-state index in [1.807, 2.05) is 41.3 Å². The molecule has 2 rings (SSSR count). The molecule has 1 aromatic rings. The number of alkyl halides is 1. The van der Waals surface area contributed by atoms with Crippen molar-refractivity contribution in [2.75, 3.05) is 24.4 Å². The molecule has 1 fully saturated rings. The average Bonchev–Trinajstić information content (AvgIpc) is 2.78. The van der Waals surface area contributed by atoms with E-state index in [-0.39, 0.29) is 11.9 Å². The number of carbonyl (C=O) groups is 1. The van der Waals surface area contributed by atoms with Gasteiger partial charge in [-0.25, -0.2) is 0 Å². The van der Waals surface area contributed by atoms with Gasteiger partial charge in [0, 0.05) is 30.6 Å². The number of nitrogens with zero attached hydrogens (tertiary/aromatic N) is 2. The van der Waals surface area contributed by atoms with Crippen molar-refractivity contribution in [2.45, 2.75) is 51.1 Å². The van der Waals surface area contributed by atoms with Gasteiger partial charge in [-0.1, -0.05) is 44.0 Å². The van der Waals surface area contributed by atoms with Crippen molar-refractivity contribution >= 4 is 23.2 Å². The first kappa shape index (κ1) is 20.0. The summed E-state index contributed by atoms with van der Waals surface area (Å²) in [5.74, 6) is 1.15. The molecule has 138 valence electrons. The molecular weight excluding hydrogens is 332 g/mol. The van der Waals surface area contributed by atoms with Gasteiger partial charge in [-0.15, -0.1) is 18.2 Å². The molecule has 0 spiro atoms. The maximum atomic E-state index is 13.0. The molecule has 3 atom stereocenters. The van der Waals surface area contributed by atoms with Gasteiger partial charge in [-0.05, 0) is 37.9 Å². The Bertz CT molecular complexity index is 548. The minimum Gasteiger partial charge on any atom is -0.308 e. The standard InChI is InChI=1S/C21H31ClN2O/c1-4-15-23(3)20-16-17(2)9-8-12-19(20)24(21(25)13-14-22)18-10-6-5-7-11-18/h4-7,10-11,17,19-20H,1,8-9,12-16H2,2-3H3. The Labute approximate surface area is 157 Å². The molecule has 3 nitrogen and oxygen atoms in total. The van der Waals surface area contributed by atoms with Crippen molar-refractivity contribution in [1.29, 1.82) is 0 Å². The minimum atomic E-state index is 0.123. The van der Waals surface area contributed by atoms with E-state index in [0.29, 0.717) is 24.3 Å². The highest BCUT2D eigenvalue weighted by molar-refractivity contribution is 6.19. The van der Waals surface area contributed by atoms with Crippen LogP contribution < -0.4 is 4.90 Å². The zero-order chi connectivity index (χ0) is 18.2. The van der Waals surface area contributed by atoms with E-state index in [1.165, 1.54) is 6.42 Å². The van der Waals surface area contributed by atoms with Gasteiger partial charge >= 0.3 is 0 Å². The van der Waals surface area contributed by atoms with E-state index in [4.69, 9.17) is 11.6 Å². The summed E-state index contributed by atoms with van der Waals surface area (Å²) in [4.78, 5) is 17.3. The molecule has 1 aliphatic carbocycles. The molecule has 1 saturated carbocycles. The van der Waals surface area contributed by atoms with Gasteiger partial charge in [-0.3, -0.25) is 9.69 Å². The molecule has 3 unspecified atom stereocenters. The lowest BCUT2D eigenvalue weighted by Crippen LogP contribution is -2.53. The Balaban J connectivity index is 2.39. The Morgan fingerprint density at radius 3 is 2.64 bits per heavy atom. The Morgan fingerprint density at radius 2 is 2.00 bits per heavy atom. The van der Waals surface area contributed by atoms with E-state index < -0.39 is 0 Å². The summed E-state index contributed by atoms with van der Waals surface area (Å²) in [6, 6.07) is 10.6. The van der Waals surface area contributed by atoms with E-state index >= 15 is 0 Å². The number of hydrogen-bond donors (Lipinski definition) is 0. The van der Waals surface area contributed by atoms with Crippen LogP contribution in [0, 0.1) is 5.92 Å². The number of carbonyl (C=O) groups excluding carboxylic acids is 1. The van der Waals surface area contributed by atoms with Gasteiger partial charge in [-0.2, -0.15) is 0 Å². The molecule has 4 heteroatoms. The zero-order valence-corrected chi connectivity index (χ0v) is 16.3. The maximum absolute atomic E-state index is 13.0. The molecule has 1 aliphatic rings. The number of halogens is 1. The molecule has 0 heterocycles. The largest absolute Gasteiger partial charge is 0.308 e. The summed E-state index contributed by atoms with van der Waals surface area (Å²) in [6.07, 6.45) is 6.83. The summed E-state index contributed by atoms with van der Waals surface area (Å²) in [5, 5.41) is 0. The van der Waals surface area contributed by atoms with Crippen LogP contribution in [0.25, 0.3) is 0 Å². The van der Waals surface area contributed by atoms with Crippen LogP contribution in [-0.2, 0) is 4.79 Å². The van der Waals surface area contributed by atoms with Crippen molar-refractivity contribution in [1.82, 2.24) is 4.90 Å². The zero-order valence-electron chi connectivity index (χ0n) is 15.5. The van der Waals surface area contributed by atoms with Crippen molar-refractivity contribution in [2.24, 2.45) is 5.92 Å². The first-order valence-electron chi connectivity index (χ1n) is 9.32. The summed E-state index contributed by atoms with van der Waals surface area (Å²) < 4.78 is 0. The third-order valence-corrected chi connectivity index (χ3v) is 5.40. The highest BCUT2D eigenvalue weighted by Gasteiger charge is 2.36. The number of para-hydroxylation sites is 1. The predicted molar refractivity (Wildman–Crippen MR) is 107 cm³/mol. The van der Waals surface area contributed by atoms with Crippen molar-refractivity contribution in [3.63, 3.8) is 0 Å². The number of anilines is 1. The lowest BCUT2D eigenvalue weighted by Gasteiger charge is -2.41. The Kier molecular flexibility index (Phi) is 7.98. The third-order valence-electron chi connectivity index (χ3n) is 5.21. The fourth-order valence-corrected chi connectivity index (χ4v) is 4.14. The molecule has 0 saturated heterocycles. The second-order valence-electron chi connectivity index (χ2n) is 7.17. The van der Waals surface area contributed by atoms with E-state index in [0.717, 1.165) is 31.5 Å². The smallest absolute Gasteiger partial charge is 0.228 e. The highest BCUT2D eigenvalue weighted by atomic mass is 35.5. The quantitative estimate of drug-likeness (QED) is 0.398. The number of likely N-dealkylation sites (N-methyl/N-ethyl adjacent to an activating group) is 1. The maximum Gasteiger partial charge on any atom is 0.228 e. The first-order valence-corrected chi connectivity index (χ1v) is 9.86. The summed E-state index contributed by atoms with van der Waals surface area (Å²) in [5.41, 5.74) is 0.981. The summed E-state index contributed by atoms with van der Waals surface area (Å²) in [6.45, 7) is 7.05. The molecule has 1 amide bonds. The lowest BCUT2D eigenvalue weighted by molar-refractivity contribution is -0.119. The van der Waals surface area contributed by atoms with E-state index in [1.54, 1.807) is 0 Å². The first-order chi connectivity index (χ1) is 12.1. The van der Waals surface area contributed by atoms with Gasteiger partial charge in [0.15, 0.2) is 0 Å². The van der Waals surface area contributed by atoms with Crippen LogP contribution in [0.4, 0.5) is 5.69 Å². The van der Waals surface area contributed by atoms with Crippen molar-refractivity contribution in [3.05, 3.63) is 43.0 Å². The number of amides is 1. The molecule has 1 aromatic carbocycles. The average molecular weight is 363 g/mol. The van der Waals surface area contributed by atoms with E-state index in [9.17, 15) is 4.79 Å². The normalized spacial score (nSPS) is 23.9. The lowest BCUT2D eigenvalue weighted by atomic mass is 9.95. The van der Waals surface area contributed by atoms with Gasteiger partial charge in [0.25, 0.3) is 0 Å². The van der Waals surface area contributed by atoms with Gasteiger partial charge in [0.1, 0.15) is 0 Å². The number of rotatable bonds is 7. The Hall–Kier alpha value is -1.32. The fraction of sp³-hybridized carbons (Fsp3) is 0.571. The molecule has 0 aliphatic heterocycles.